The maximum absolute atomic E-state index is 12.5. The fraction of sp³-hybridized carbons (Fsp3) is 0.167. The Hall–Kier alpha value is -1.03. The molecule has 84 valence electrons. The van der Waals surface area contributed by atoms with Crippen LogP contribution in [0.15, 0.2) is 36.4 Å². The average Bonchev–Trinajstić information content (AvgIpc) is 2.26. The summed E-state index contributed by atoms with van der Waals surface area (Å²) >= 11 is 3.31. The van der Waals surface area contributed by atoms with Gasteiger partial charge in [0.05, 0.1) is 5.56 Å². The molecule has 2 aromatic rings. The molecule has 0 unspecified atom stereocenters. The number of halogens is 4. The van der Waals surface area contributed by atoms with Gasteiger partial charge in [-0.3, -0.25) is 0 Å². The Morgan fingerprint density at radius 2 is 1.81 bits per heavy atom. The van der Waals surface area contributed by atoms with Crippen molar-refractivity contribution in [1.82, 2.24) is 0 Å². The van der Waals surface area contributed by atoms with Gasteiger partial charge in [-0.25, -0.2) is 0 Å². The van der Waals surface area contributed by atoms with Crippen LogP contribution in [0.2, 0.25) is 0 Å². The molecule has 0 aromatic heterocycles. The Morgan fingerprint density at radius 1 is 1.06 bits per heavy atom. The fourth-order valence-corrected chi connectivity index (χ4v) is 2.13. The molecule has 0 bridgehead atoms. The van der Waals surface area contributed by atoms with Crippen molar-refractivity contribution >= 4 is 26.7 Å². The van der Waals surface area contributed by atoms with Crippen LogP contribution in [0, 0.1) is 0 Å². The first-order valence-corrected chi connectivity index (χ1v) is 5.79. The van der Waals surface area contributed by atoms with Gasteiger partial charge in [-0.1, -0.05) is 40.2 Å². The molecule has 2 aromatic carbocycles. The molecule has 0 fully saturated rings. The molecule has 0 saturated heterocycles. The molecule has 4 heteroatoms. The van der Waals surface area contributed by atoms with E-state index in [1.54, 1.807) is 12.1 Å². The lowest BCUT2D eigenvalue weighted by atomic mass is 10.0. The summed E-state index contributed by atoms with van der Waals surface area (Å²) in [6.07, 6.45) is -4.28. The third-order valence-corrected chi connectivity index (χ3v) is 3.05. The maximum atomic E-state index is 12.5. The second-order valence-electron chi connectivity index (χ2n) is 3.48. The van der Waals surface area contributed by atoms with Gasteiger partial charge in [0.2, 0.25) is 0 Å². The van der Waals surface area contributed by atoms with Crippen LogP contribution in [-0.2, 0) is 11.5 Å². The fourth-order valence-electron chi connectivity index (χ4n) is 1.64. The molecular formula is C12H8BrF3. The van der Waals surface area contributed by atoms with Crippen molar-refractivity contribution in [3.05, 3.63) is 47.5 Å². The average molecular weight is 289 g/mol. The van der Waals surface area contributed by atoms with Gasteiger partial charge >= 0.3 is 6.18 Å². The van der Waals surface area contributed by atoms with Crippen LogP contribution < -0.4 is 0 Å². The van der Waals surface area contributed by atoms with E-state index in [0.29, 0.717) is 10.7 Å². The smallest absolute Gasteiger partial charge is 0.166 e. The van der Waals surface area contributed by atoms with Gasteiger partial charge in [0.15, 0.2) is 0 Å². The highest BCUT2D eigenvalue weighted by molar-refractivity contribution is 9.08. The zero-order valence-corrected chi connectivity index (χ0v) is 9.77. The molecule has 2 rings (SSSR count). The standard InChI is InChI=1S/C12H8BrF3/c13-7-9-3-1-2-8-6-10(12(14,15)16)4-5-11(8)9/h1-6H,7H2. The summed E-state index contributed by atoms with van der Waals surface area (Å²) in [5, 5.41) is 2.11. The van der Waals surface area contributed by atoms with E-state index >= 15 is 0 Å². The predicted molar refractivity (Wildman–Crippen MR) is 61.6 cm³/mol. The third-order valence-electron chi connectivity index (χ3n) is 2.44. The quantitative estimate of drug-likeness (QED) is 0.664. The summed E-state index contributed by atoms with van der Waals surface area (Å²) in [7, 11) is 0. The molecule has 0 N–H and O–H groups in total. The van der Waals surface area contributed by atoms with E-state index in [9.17, 15) is 13.2 Å². The van der Waals surface area contributed by atoms with Gasteiger partial charge in [0, 0.05) is 5.33 Å². The van der Waals surface area contributed by atoms with Crippen molar-refractivity contribution in [2.24, 2.45) is 0 Å². The van der Waals surface area contributed by atoms with Crippen LogP contribution in [0.4, 0.5) is 13.2 Å². The second kappa shape index (κ2) is 4.09. The SMILES string of the molecule is FC(F)(F)c1ccc2c(CBr)cccc2c1. The third kappa shape index (κ3) is 2.07. The van der Waals surface area contributed by atoms with Gasteiger partial charge in [0.25, 0.3) is 0 Å². The van der Waals surface area contributed by atoms with Crippen LogP contribution in [0.25, 0.3) is 10.8 Å². The lowest BCUT2D eigenvalue weighted by Crippen LogP contribution is -2.04. The van der Waals surface area contributed by atoms with Crippen molar-refractivity contribution in [2.75, 3.05) is 0 Å². The molecule has 0 aliphatic rings. The largest absolute Gasteiger partial charge is 0.416 e. The minimum absolute atomic E-state index is 0.605. The van der Waals surface area contributed by atoms with E-state index in [1.807, 2.05) is 6.07 Å². The van der Waals surface area contributed by atoms with Crippen LogP contribution in [0.3, 0.4) is 0 Å². The van der Waals surface area contributed by atoms with Crippen LogP contribution in [0.5, 0.6) is 0 Å². The predicted octanol–water partition coefficient (Wildman–Crippen LogP) is 4.75. The monoisotopic (exact) mass is 288 g/mol. The van der Waals surface area contributed by atoms with Gasteiger partial charge in [-0.05, 0) is 28.5 Å². The Morgan fingerprint density at radius 3 is 2.44 bits per heavy atom. The Bertz CT molecular complexity index is 517. The molecule has 0 aliphatic carbocycles. The zero-order chi connectivity index (χ0) is 11.8. The van der Waals surface area contributed by atoms with E-state index in [-0.39, 0.29) is 0 Å². The topological polar surface area (TPSA) is 0 Å². The Balaban J connectivity index is 2.64. The molecule has 0 atom stereocenters. The molecule has 0 amide bonds. The molecule has 0 radical (unpaired) electrons. The highest BCUT2D eigenvalue weighted by Crippen LogP contribution is 2.32. The first-order chi connectivity index (χ1) is 7.52. The van der Waals surface area contributed by atoms with Gasteiger partial charge < -0.3 is 0 Å². The molecule has 0 heterocycles. The van der Waals surface area contributed by atoms with Crippen LogP contribution in [-0.4, -0.2) is 0 Å². The summed E-state index contributed by atoms with van der Waals surface area (Å²) in [5.41, 5.74) is 0.387. The van der Waals surface area contributed by atoms with E-state index in [0.717, 1.165) is 17.0 Å². The Kier molecular flexibility index (Phi) is 2.93. The summed E-state index contributed by atoms with van der Waals surface area (Å²) in [5.74, 6) is 0. The number of fused-ring (bicyclic) bond motifs is 1. The van der Waals surface area contributed by atoms with Gasteiger partial charge in [-0.15, -0.1) is 0 Å². The van der Waals surface area contributed by atoms with E-state index in [4.69, 9.17) is 0 Å². The molecule has 0 spiro atoms. The first kappa shape index (κ1) is 11.5. The number of hydrogen-bond acceptors (Lipinski definition) is 0. The van der Waals surface area contributed by atoms with Gasteiger partial charge in [0.1, 0.15) is 0 Å². The summed E-state index contributed by atoms with van der Waals surface area (Å²) in [4.78, 5) is 0. The van der Waals surface area contributed by atoms with Crippen molar-refractivity contribution < 1.29 is 13.2 Å². The normalized spacial score (nSPS) is 12.0. The number of benzene rings is 2. The van der Waals surface area contributed by atoms with Crippen molar-refractivity contribution in [1.29, 1.82) is 0 Å². The number of rotatable bonds is 1. The van der Waals surface area contributed by atoms with Crippen LogP contribution in [0.1, 0.15) is 11.1 Å². The Labute approximate surface area is 99.2 Å². The highest BCUT2D eigenvalue weighted by Gasteiger charge is 2.30. The first-order valence-electron chi connectivity index (χ1n) is 4.67. The molecule has 0 nitrogen and oxygen atoms in total. The van der Waals surface area contributed by atoms with Gasteiger partial charge in [-0.2, -0.15) is 13.2 Å². The number of alkyl halides is 4. The van der Waals surface area contributed by atoms with Crippen molar-refractivity contribution in [3.8, 4) is 0 Å². The minimum Gasteiger partial charge on any atom is -0.166 e. The second-order valence-corrected chi connectivity index (χ2v) is 4.05. The molecule has 16 heavy (non-hydrogen) atoms. The lowest BCUT2D eigenvalue weighted by molar-refractivity contribution is -0.137. The zero-order valence-electron chi connectivity index (χ0n) is 8.18. The molecular weight excluding hydrogens is 281 g/mol. The van der Waals surface area contributed by atoms with E-state index in [1.165, 1.54) is 12.1 Å². The maximum Gasteiger partial charge on any atom is 0.416 e. The molecule has 0 aliphatic heterocycles. The van der Waals surface area contributed by atoms with Crippen LogP contribution >= 0.6 is 15.9 Å². The van der Waals surface area contributed by atoms with E-state index < -0.39 is 11.7 Å². The molecule has 0 saturated carbocycles. The van der Waals surface area contributed by atoms with Crippen molar-refractivity contribution in [2.45, 2.75) is 11.5 Å². The van der Waals surface area contributed by atoms with E-state index in [2.05, 4.69) is 15.9 Å². The lowest BCUT2D eigenvalue weighted by Gasteiger charge is -2.09. The highest BCUT2D eigenvalue weighted by atomic mass is 79.9. The minimum atomic E-state index is -4.28. The summed E-state index contributed by atoms with van der Waals surface area (Å²) in [6.45, 7) is 0. The summed E-state index contributed by atoms with van der Waals surface area (Å²) in [6, 6.07) is 9.17. The van der Waals surface area contributed by atoms with Crippen molar-refractivity contribution in [3.63, 3.8) is 0 Å². The number of hydrogen-bond donors (Lipinski definition) is 0. The summed E-state index contributed by atoms with van der Waals surface area (Å²) < 4.78 is 37.5.